The Hall–Kier alpha value is -0.650. The monoisotopic (exact) mass is 357 g/mol. The molecular weight excluding hydrogens is 338 g/mol. The Morgan fingerprint density at radius 3 is 2.50 bits per heavy atom. The number of carbonyl (C=O) groups excluding carboxylic acids is 2. The summed E-state index contributed by atoms with van der Waals surface area (Å²) in [4.78, 5) is 29.7. The molecule has 0 fully saturated rings. The number of allylic oxidation sites excluding steroid dienone is 2. The van der Waals surface area contributed by atoms with E-state index in [2.05, 4.69) is 11.9 Å². The number of Topliss-reactive ketones (excluding diaryl/α,β-unsaturated/α-hetero) is 2. The van der Waals surface area contributed by atoms with Crippen LogP contribution in [0.3, 0.4) is 0 Å². The lowest BCUT2D eigenvalue weighted by atomic mass is 10.0. The highest BCUT2D eigenvalue weighted by Crippen LogP contribution is 2.36. The summed E-state index contributed by atoms with van der Waals surface area (Å²) < 4.78 is 0.252. The molecule has 2 rings (SSSR count). The third-order valence-corrected chi connectivity index (χ3v) is 6.09. The lowest BCUT2D eigenvalue weighted by molar-refractivity contribution is 0.0982. The molecule has 3 nitrogen and oxygen atoms in total. The van der Waals surface area contributed by atoms with Gasteiger partial charge in [-0.25, -0.2) is 4.98 Å². The molecule has 1 aromatic rings. The summed E-state index contributed by atoms with van der Waals surface area (Å²) >= 11 is 8.41. The van der Waals surface area contributed by atoms with Crippen LogP contribution in [0.5, 0.6) is 0 Å². The van der Waals surface area contributed by atoms with Crippen molar-refractivity contribution in [3.8, 4) is 0 Å². The molecule has 0 aliphatic heterocycles. The van der Waals surface area contributed by atoms with Gasteiger partial charge in [0.1, 0.15) is 10.6 Å². The van der Waals surface area contributed by atoms with E-state index in [-0.39, 0.29) is 21.7 Å². The van der Waals surface area contributed by atoms with Gasteiger partial charge in [-0.15, -0.1) is 11.8 Å². The Morgan fingerprint density at radius 1 is 1.09 bits per heavy atom. The van der Waals surface area contributed by atoms with Crippen LogP contribution < -0.4 is 0 Å². The van der Waals surface area contributed by atoms with Crippen molar-refractivity contribution in [3.05, 3.63) is 25.5 Å². The highest BCUT2D eigenvalue weighted by atomic mass is 35.5. The maximum absolute atomic E-state index is 12.4. The van der Waals surface area contributed by atoms with Crippen LogP contribution >= 0.6 is 34.7 Å². The summed E-state index contributed by atoms with van der Waals surface area (Å²) in [6.45, 7) is 3.93. The number of rotatable bonds is 8. The van der Waals surface area contributed by atoms with Crippen LogP contribution in [0.15, 0.2) is 10.5 Å². The number of hydrogen-bond donors (Lipinski definition) is 0. The lowest BCUT2D eigenvalue weighted by Gasteiger charge is -2.14. The van der Waals surface area contributed by atoms with Crippen molar-refractivity contribution in [3.63, 3.8) is 0 Å². The first-order chi connectivity index (χ1) is 10.6. The van der Waals surface area contributed by atoms with Crippen LogP contribution in [0.2, 0.25) is 4.47 Å². The molecule has 6 heteroatoms. The number of carbonyl (C=O) groups is 2. The highest BCUT2D eigenvalue weighted by molar-refractivity contribution is 8.04. The molecular formula is C16H20ClNO2S2. The van der Waals surface area contributed by atoms with Crippen LogP contribution in [-0.2, 0) is 0 Å². The van der Waals surface area contributed by atoms with Crippen LogP contribution in [-0.4, -0.2) is 22.3 Å². The third kappa shape index (κ3) is 4.00. The van der Waals surface area contributed by atoms with Crippen molar-refractivity contribution in [1.82, 2.24) is 4.98 Å². The van der Waals surface area contributed by atoms with E-state index in [1.54, 1.807) is 6.92 Å². The summed E-state index contributed by atoms with van der Waals surface area (Å²) in [6.07, 6.45) is 7.30. The molecule has 120 valence electrons. The minimum atomic E-state index is -0.147. The Morgan fingerprint density at radius 2 is 1.77 bits per heavy atom. The van der Waals surface area contributed by atoms with Gasteiger partial charge < -0.3 is 0 Å². The van der Waals surface area contributed by atoms with Crippen LogP contribution in [0.1, 0.15) is 72.5 Å². The fourth-order valence-electron chi connectivity index (χ4n) is 2.38. The summed E-state index contributed by atoms with van der Waals surface area (Å²) in [6, 6.07) is 0. The van der Waals surface area contributed by atoms with E-state index in [9.17, 15) is 9.59 Å². The third-order valence-electron chi connectivity index (χ3n) is 3.65. The second kappa shape index (κ2) is 8.27. The number of ketones is 2. The summed E-state index contributed by atoms with van der Waals surface area (Å²) in [5, 5.41) is 0. The van der Waals surface area contributed by atoms with Crippen molar-refractivity contribution >= 4 is 46.3 Å². The van der Waals surface area contributed by atoms with Crippen molar-refractivity contribution < 1.29 is 9.59 Å². The maximum atomic E-state index is 12.4. The predicted octanol–water partition coefficient (Wildman–Crippen LogP) is 5.54. The predicted molar refractivity (Wildman–Crippen MR) is 94.3 cm³/mol. The Kier molecular flexibility index (Phi) is 6.66. The van der Waals surface area contributed by atoms with Gasteiger partial charge in [-0.1, -0.05) is 62.0 Å². The summed E-state index contributed by atoms with van der Waals surface area (Å²) in [5.74, 6) is 0.612. The molecule has 1 aliphatic carbocycles. The minimum absolute atomic E-state index is 0.107. The van der Waals surface area contributed by atoms with Gasteiger partial charge in [-0.2, -0.15) is 0 Å². The SMILES string of the molecule is CCCCCCCCSC1=C(C)C(=O)c2sc(Cl)nc2C1=O. The van der Waals surface area contributed by atoms with E-state index < -0.39 is 0 Å². The van der Waals surface area contributed by atoms with E-state index >= 15 is 0 Å². The van der Waals surface area contributed by atoms with Gasteiger partial charge in [0.2, 0.25) is 11.6 Å². The van der Waals surface area contributed by atoms with Crippen molar-refractivity contribution in [2.45, 2.75) is 52.4 Å². The molecule has 0 atom stereocenters. The van der Waals surface area contributed by atoms with Crippen molar-refractivity contribution in [1.29, 1.82) is 0 Å². The maximum Gasteiger partial charge on any atom is 0.219 e. The first-order valence-electron chi connectivity index (χ1n) is 7.65. The van der Waals surface area contributed by atoms with Crippen LogP contribution in [0.25, 0.3) is 0 Å². The molecule has 22 heavy (non-hydrogen) atoms. The smallest absolute Gasteiger partial charge is 0.219 e. The average molecular weight is 358 g/mol. The number of nitrogens with zero attached hydrogens (tertiary/aromatic N) is 1. The lowest BCUT2D eigenvalue weighted by Crippen LogP contribution is -2.18. The molecule has 1 aliphatic rings. The minimum Gasteiger partial charge on any atom is -0.288 e. The van der Waals surface area contributed by atoms with E-state index in [0.717, 1.165) is 23.5 Å². The highest BCUT2D eigenvalue weighted by Gasteiger charge is 2.33. The first-order valence-corrected chi connectivity index (χ1v) is 9.83. The van der Waals surface area contributed by atoms with Gasteiger partial charge in [0, 0.05) is 5.57 Å². The Bertz CT molecular complexity index is 607. The zero-order valence-corrected chi connectivity index (χ0v) is 15.3. The normalized spacial score (nSPS) is 14.7. The zero-order valence-electron chi connectivity index (χ0n) is 12.9. The van der Waals surface area contributed by atoms with E-state index in [4.69, 9.17) is 11.6 Å². The number of hydrogen-bond acceptors (Lipinski definition) is 5. The van der Waals surface area contributed by atoms with E-state index in [1.165, 1.54) is 43.9 Å². The number of fused-ring (bicyclic) bond motifs is 1. The average Bonchev–Trinajstić information content (AvgIpc) is 2.89. The van der Waals surface area contributed by atoms with Gasteiger partial charge in [0.15, 0.2) is 4.47 Å². The molecule has 0 saturated carbocycles. The molecule has 0 aromatic carbocycles. The number of unbranched alkanes of at least 4 members (excludes halogenated alkanes) is 5. The molecule has 0 saturated heterocycles. The molecule has 0 unspecified atom stereocenters. The fraction of sp³-hybridized carbons (Fsp3) is 0.562. The molecule has 1 heterocycles. The van der Waals surface area contributed by atoms with Crippen molar-refractivity contribution in [2.75, 3.05) is 5.75 Å². The van der Waals surface area contributed by atoms with Crippen LogP contribution in [0.4, 0.5) is 0 Å². The zero-order chi connectivity index (χ0) is 16.1. The molecule has 0 amide bonds. The fourth-order valence-corrected chi connectivity index (χ4v) is 4.58. The number of aromatic nitrogens is 1. The number of thioether (sulfide) groups is 1. The van der Waals surface area contributed by atoms with E-state index in [0.29, 0.717) is 15.4 Å². The number of thiazole rings is 1. The first kappa shape index (κ1) is 17.7. The summed E-state index contributed by atoms with van der Waals surface area (Å²) in [7, 11) is 0. The van der Waals surface area contributed by atoms with Gasteiger partial charge in [-0.05, 0) is 19.1 Å². The van der Waals surface area contributed by atoms with Gasteiger partial charge >= 0.3 is 0 Å². The Labute approximate surface area is 144 Å². The Balaban J connectivity index is 1.92. The molecule has 0 radical (unpaired) electrons. The topological polar surface area (TPSA) is 47.0 Å². The quantitative estimate of drug-likeness (QED) is 0.573. The van der Waals surface area contributed by atoms with Gasteiger partial charge in [0.25, 0.3) is 0 Å². The second-order valence-electron chi connectivity index (χ2n) is 5.37. The largest absolute Gasteiger partial charge is 0.288 e. The standard InChI is InChI=1S/C16H20ClNO2S2/c1-3-4-5-6-7-8-9-21-14-10(2)12(19)15-11(13(14)20)18-16(17)22-15/h3-9H2,1-2H3. The van der Waals surface area contributed by atoms with E-state index in [1.807, 2.05) is 0 Å². The molecule has 1 aromatic heterocycles. The molecule has 0 spiro atoms. The molecule has 0 bridgehead atoms. The molecule has 0 N–H and O–H groups in total. The number of halogens is 1. The summed E-state index contributed by atoms with van der Waals surface area (Å²) in [5.41, 5.74) is 0.768. The second-order valence-corrected chi connectivity index (χ2v) is 8.06. The van der Waals surface area contributed by atoms with Gasteiger partial charge in [0.05, 0.1) is 4.91 Å². The van der Waals surface area contributed by atoms with Crippen molar-refractivity contribution in [2.24, 2.45) is 0 Å². The van der Waals surface area contributed by atoms with Gasteiger partial charge in [-0.3, -0.25) is 9.59 Å². The van der Waals surface area contributed by atoms with Crippen LogP contribution in [0, 0.1) is 0 Å².